The van der Waals surface area contributed by atoms with E-state index < -0.39 is 12.1 Å². The fourth-order valence-electron chi connectivity index (χ4n) is 3.07. The van der Waals surface area contributed by atoms with Gasteiger partial charge in [0.15, 0.2) is 5.78 Å². The number of carbonyl (C=O) groups is 3. The van der Waals surface area contributed by atoms with Crippen LogP contribution in [0.15, 0.2) is 0 Å². The van der Waals surface area contributed by atoms with Crippen LogP contribution in [0.4, 0.5) is 0 Å². The Morgan fingerprint density at radius 2 is 1.91 bits per heavy atom. The van der Waals surface area contributed by atoms with Gasteiger partial charge in [0.05, 0.1) is 6.04 Å². The molecule has 1 aliphatic rings. The molecule has 1 rings (SSSR count). The van der Waals surface area contributed by atoms with Gasteiger partial charge in [-0.05, 0) is 38.5 Å². The molecule has 2 atom stereocenters. The Morgan fingerprint density at radius 3 is 2.48 bits per heavy atom. The van der Waals surface area contributed by atoms with Gasteiger partial charge >= 0.3 is 0 Å². The summed E-state index contributed by atoms with van der Waals surface area (Å²) < 4.78 is 0. The number of ketones is 1. The first-order valence-electron chi connectivity index (χ1n) is 8.97. The quantitative estimate of drug-likeness (QED) is 0.709. The van der Waals surface area contributed by atoms with E-state index in [0.717, 1.165) is 25.7 Å². The number of amides is 2. The summed E-state index contributed by atoms with van der Waals surface area (Å²) in [5.41, 5.74) is 0. The molecule has 5 heteroatoms. The van der Waals surface area contributed by atoms with Crippen molar-refractivity contribution >= 4 is 17.6 Å². The van der Waals surface area contributed by atoms with E-state index in [-0.39, 0.29) is 17.6 Å². The van der Waals surface area contributed by atoms with Gasteiger partial charge in [-0.25, -0.2) is 0 Å². The molecule has 1 saturated heterocycles. The van der Waals surface area contributed by atoms with Crippen LogP contribution in [0.2, 0.25) is 0 Å². The molecular formula is C18H32N2O3. The van der Waals surface area contributed by atoms with Crippen molar-refractivity contribution < 1.29 is 14.4 Å². The number of nitrogens with zero attached hydrogens (tertiary/aromatic N) is 1. The lowest BCUT2D eigenvalue weighted by atomic mass is 10.0. The predicted octanol–water partition coefficient (Wildman–Crippen LogP) is 2.68. The maximum absolute atomic E-state index is 12.5. The topological polar surface area (TPSA) is 66.5 Å². The highest BCUT2D eigenvalue weighted by molar-refractivity contribution is 5.92. The maximum Gasteiger partial charge on any atom is 0.243 e. The lowest BCUT2D eigenvalue weighted by molar-refractivity contribution is -0.139. The van der Waals surface area contributed by atoms with Gasteiger partial charge in [-0.2, -0.15) is 0 Å². The molecule has 23 heavy (non-hydrogen) atoms. The van der Waals surface area contributed by atoms with Crippen LogP contribution >= 0.6 is 0 Å². The van der Waals surface area contributed by atoms with Crippen LogP contribution in [0.1, 0.15) is 72.6 Å². The smallest absolute Gasteiger partial charge is 0.243 e. The van der Waals surface area contributed by atoms with Crippen LogP contribution in [-0.2, 0) is 14.4 Å². The zero-order chi connectivity index (χ0) is 17.4. The van der Waals surface area contributed by atoms with Crippen LogP contribution in [0, 0.1) is 5.92 Å². The zero-order valence-electron chi connectivity index (χ0n) is 15.1. The lowest BCUT2D eigenvalue weighted by Gasteiger charge is -2.26. The Hall–Kier alpha value is -1.39. The zero-order valence-corrected chi connectivity index (χ0v) is 15.1. The van der Waals surface area contributed by atoms with Crippen molar-refractivity contribution in [2.24, 2.45) is 5.92 Å². The molecule has 0 aromatic carbocycles. The minimum atomic E-state index is -0.426. The second-order valence-corrected chi connectivity index (χ2v) is 6.99. The molecule has 0 saturated carbocycles. The van der Waals surface area contributed by atoms with Crippen LogP contribution in [0.25, 0.3) is 0 Å². The Morgan fingerprint density at radius 1 is 1.22 bits per heavy atom. The van der Waals surface area contributed by atoms with Crippen molar-refractivity contribution in [3.05, 3.63) is 0 Å². The summed E-state index contributed by atoms with van der Waals surface area (Å²) in [7, 11) is 0. The van der Waals surface area contributed by atoms with Crippen molar-refractivity contribution in [1.82, 2.24) is 10.2 Å². The van der Waals surface area contributed by atoms with E-state index in [1.54, 1.807) is 4.90 Å². The molecule has 1 aliphatic heterocycles. The average molecular weight is 324 g/mol. The molecule has 0 radical (unpaired) electrons. The van der Waals surface area contributed by atoms with Crippen molar-refractivity contribution in [3.8, 4) is 0 Å². The molecule has 0 bridgehead atoms. The molecule has 5 nitrogen and oxygen atoms in total. The van der Waals surface area contributed by atoms with E-state index in [1.165, 1.54) is 6.92 Å². The molecule has 1 fully saturated rings. The lowest BCUT2D eigenvalue weighted by Crippen LogP contribution is -2.50. The molecule has 1 heterocycles. The predicted molar refractivity (Wildman–Crippen MR) is 90.9 cm³/mol. The van der Waals surface area contributed by atoms with Gasteiger partial charge in [-0.3, -0.25) is 14.4 Å². The largest absolute Gasteiger partial charge is 0.345 e. The fraction of sp³-hybridized carbons (Fsp3) is 0.833. The normalized spacial score (nSPS) is 19.0. The fourth-order valence-corrected chi connectivity index (χ4v) is 3.07. The number of hydrogen-bond acceptors (Lipinski definition) is 3. The van der Waals surface area contributed by atoms with Crippen molar-refractivity contribution in [2.45, 2.75) is 84.7 Å². The molecule has 0 aromatic heterocycles. The second kappa shape index (κ2) is 9.68. The Labute approximate surface area is 140 Å². The third-order valence-corrected chi connectivity index (χ3v) is 4.42. The van der Waals surface area contributed by atoms with Crippen molar-refractivity contribution in [1.29, 1.82) is 0 Å². The summed E-state index contributed by atoms with van der Waals surface area (Å²) in [4.78, 5) is 38.1. The molecule has 0 aliphatic carbocycles. The molecular weight excluding hydrogens is 292 g/mol. The van der Waals surface area contributed by atoms with E-state index in [9.17, 15) is 14.4 Å². The molecule has 0 unspecified atom stereocenters. The molecule has 2 amide bonds. The SMILES string of the molecule is CCCC(=O)N1CCC[C@H]1C(=O)N[C@@H](CCCC(C)C)C(C)=O. The van der Waals surface area contributed by atoms with Crippen molar-refractivity contribution in [3.63, 3.8) is 0 Å². The van der Waals surface area contributed by atoms with E-state index >= 15 is 0 Å². The third kappa shape index (κ3) is 6.32. The van der Waals surface area contributed by atoms with Gasteiger partial charge in [-0.15, -0.1) is 0 Å². The highest BCUT2D eigenvalue weighted by atomic mass is 16.2. The Bertz CT molecular complexity index is 420. The summed E-state index contributed by atoms with van der Waals surface area (Å²) in [6.07, 6.45) is 5.46. The van der Waals surface area contributed by atoms with Crippen LogP contribution < -0.4 is 5.32 Å². The van der Waals surface area contributed by atoms with Gasteiger partial charge in [0.1, 0.15) is 6.04 Å². The number of Topliss-reactive ketones (excluding diaryl/α,β-unsaturated/α-hetero) is 1. The minimum Gasteiger partial charge on any atom is -0.345 e. The summed E-state index contributed by atoms with van der Waals surface area (Å²) in [5.74, 6) is 0.461. The number of rotatable bonds is 9. The molecule has 0 aromatic rings. The highest BCUT2D eigenvalue weighted by Gasteiger charge is 2.34. The number of nitrogens with one attached hydrogen (secondary N) is 1. The molecule has 1 N–H and O–H groups in total. The van der Waals surface area contributed by atoms with Crippen LogP contribution in [-0.4, -0.2) is 41.1 Å². The van der Waals surface area contributed by atoms with E-state index in [0.29, 0.717) is 31.7 Å². The summed E-state index contributed by atoms with van der Waals surface area (Å²) >= 11 is 0. The summed E-state index contributed by atoms with van der Waals surface area (Å²) in [6.45, 7) is 8.43. The monoisotopic (exact) mass is 324 g/mol. The van der Waals surface area contributed by atoms with Gasteiger partial charge < -0.3 is 10.2 Å². The van der Waals surface area contributed by atoms with E-state index in [1.807, 2.05) is 6.92 Å². The maximum atomic E-state index is 12.5. The standard InChI is InChI=1S/C18H32N2O3/c1-5-8-17(22)20-12-7-11-16(20)18(23)19-15(14(4)21)10-6-9-13(2)3/h13,15-16H,5-12H2,1-4H3,(H,19,23)/t15-,16-/m0/s1. The minimum absolute atomic E-state index is 0.00784. The first kappa shape index (κ1) is 19.7. The first-order chi connectivity index (χ1) is 10.9. The van der Waals surface area contributed by atoms with Gasteiger partial charge in [0.25, 0.3) is 0 Å². The summed E-state index contributed by atoms with van der Waals surface area (Å²) in [5, 5.41) is 2.88. The van der Waals surface area contributed by atoms with E-state index in [2.05, 4.69) is 19.2 Å². The van der Waals surface area contributed by atoms with Gasteiger partial charge in [0, 0.05) is 13.0 Å². The summed E-state index contributed by atoms with van der Waals surface area (Å²) in [6, 6.07) is -0.828. The Kier molecular flexibility index (Phi) is 8.28. The average Bonchev–Trinajstić information content (AvgIpc) is 2.95. The number of likely N-dealkylation sites (tertiary alicyclic amines) is 1. The van der Waals surface area contributed by atoms with Crippen LogP contribution in [0.5, 0.6) is 0 Å². The van der Waals surface area contributed by atoms with Crippen LogP contribution in [0.3, 0.4) is 0 Å². The molecule has 0 spiro atoms. The number of hydrogen-bond donors (Lipinski definition) is 1. The van der Waals surface area contributed by atoms with Crippen molar-refractivity contribution in [2.75, 3.05) is 6.54 Å². The molecule has 132 valence electrons. The Balaban J connectivity index is 2.59. The highest BCUT2D eigenvalue weighted by Crippen LogP contribution is 2.19. The third-order valence-electron chi connectivity index (χ3n) is 4.42. The number of carbonyl (C=O) groups excluding carboxylic acids is 3. The van der Waals surface area contributed by atoms with Gasteiger partial charge in [-0.1, -0.05) is 33.6 Å². The second-order valence-electron chi connectivity index (χ2n) is 6.99. The first-order valence-corrected chi connectivity index (χ1v) is 8.97. The van der Waals surface area contributed by atoms with Gasteiger partial charge in [0.2, 0.25) is 11.8 Å². The van der Waals surface area contributed by atoms with E-state index in [4.69, 9.17) is 0 Å².